The largest absolute Gasteiger partial charge is 0.363 e. The Hall–Kier alpha value is -1.39. The third-order valence-electron chi connectivity index (χ3n) is 5.66. The molecule has 1 unspecified atom stereocenters. The van der Waals surface area contributed by atoms with Crippen LogP contribution in [-0.4, -0.2) is 49.2 Å². The van der Waals surface area contributed by atoms with Crippen LogP contribution < -0.4 is 5.32 Å². The molecule has 132 valence electrons. The summed E-state index contributed by atoms with van der Waals surface area (Å²) in [6.45, 7) is 6.57. The van der Waals surface area contributed by atoms with Gasteiger partial charge in [-0.05, 0) is 37.2 Å². The van der Waals surface area contributed by atoms with Crippen LogP contribution in [0.3, 0.4) is 0 Å². The summed E-state index contributed by atoms with van der Waals surface area (Å²) < 4.78 is 5.86. The average molecular weight is 330 g/mol. The molecule has 2 saturated heterocycles. The molecule has 4 nitrogen and oxygen atoms in total. The molecular formula is C20H30N2O2. The van der Waals surface area contributed by atoms with Gasteiger partial charge in [-0.3, -0.25) is 4.79 Å². The fourth-order valence-corrected chi connectivity index (χ4v) is 3.85. The predicted molar refractivity (Wildman–Crippen MR) is 95.9 cm³/mol. The zero-order chi connectivity index (χ0) is 16.8. The van der Waals surface area contributed by atoms with Crippen LogP contribution in [0.25, 0.3) is 0 Å². The zero-order valence-electron chi connectivity index (χ0n) is 14.8. The number of nitrogens with one attached hydrogen (secondary N) is 1. The highest BCUT2D eigenvalue weighted by Crippen LogP contribution is 2.28. The van der Waals surface area contributed by atoms with E-state index in [9.17, 15) is 4.79 Å². The number of ether oxygens (including phenoxy) is 1. The smallest absolute Gasteiger partial charge is 0.246 e. The molecule has 24 heavy (non-hydrogen) atoms. The first-order valence-corrected chi connectivity index (χ1v) is 9.36. The molecule has 1 amide bonds. The van der Waals surface area contributed by atoms with Gasteiger partial charge in [-0.15, -0.1) is 0 Å². The van der Waals surface area contributed by atoms with Crippen molar-refractivity contribution in [2.75, 3.05) is 32.8 Å². The molecule has 1 atom stereocenters. The number of nitrogens with zero attached hydrogens (tertiary/aromatic N) is 1. The average Bonchev–Trinajstić information content (AvgIpc) is 2.64. The molecule has 0 radical (unpaired) electrons. The highest BCUT2D eigenvalue weighted by molar-refractivity contribution is 5.78. The number of piperidine rings is 1. The van der Waals surface area contributed by atoms with Gasteiger partial charge in [0, 0.05) is 26.2 Å². The van der Waals surface area contributed by atoms with Gasteiger partial charge in [0.05, 0.1) is 5.60 Å². The van der Waals surface area contributed by atoms with Gasteiger partial charge in [0.1, 0.15) is 6.61 Å². The number of carbonyl (C=O) groups excluding carboxylic acids is 1. The molecule has 4 heteroatoms. The van der Waals surface area contributed by atoms with Gasteiger partial charge in [0.25, 0.3) is 0 Å². The summed E-state index contributed by atoms with van der Waals surface area (Å²) in [6, 6.07) is 10.8. The van der Waals surface area contributed by atoms with Crippen LogP contribution in [0.1, 0.15) is 38.2 Å². The second-order valence-corrected chi connectivity index (χ2v) is 7.35. The Balaban J connectivity index is 1.43. The monoisotopic (exact) mass is 330 g/mol. The fraction of sp³-hybridized carbons (Fsp3) is 0.650. The second kappa shape index (κ2) is 8.13. The van der Waals surface area contributed by atoms with Gasteiger partial charge < -0.3 is 15.0 Å². The van der Waals surface area contributed by atoms with Crippen molar-refractivity contribution in [2.24, 2.45) is 5.92 Å². The minimum Gasteiger partial charge on any atom is -0.363 e. The molecule has 1 N–H and O–H groups in total. The minimum absolute atomic E-state index is 0.0232. The summed E-state index contributed by atoms with van der Waals surface area (Å²) >= 11 is 0. The van der Waals surface area contributed by atoms with E-state index >= 15 is 0 Å². The van der Waals surface area contributed by atoms with Gasteiger partial charge in [-0.2, -0.15) is 0 Å². The van der Waals surface area contributed by atoms with Crippen LogP contribution in [0, 0.1) is 5.92 Å². The number of carbonyl (C=O) groups is 1. The molecule has 3 rings (SSSR count). The summed E-state index contributed by atoms with van der Waals surface area (Å²) in [7, 11) is 0. The van der Waals surface area contributed by atoms with E-state index in [0.29, 0.717) is 6.54 Å². The molecule has 0 bridgehead atoms. The van der Waals surface area contributed by atoms with Crippen molar-refractivity contribution in [2.45, 2.75) is 44.6 Å². The number of rotatable bonds is 6. The third-order valence-corrected chi connectivity index (χ3v) is 5.66. The molecule has 2 aliphatic rings. The maximum Gasteiger partial charge on any atom is 0.246 e. The van der Waals surface area contributed by atoms with E-state index in [0.717, 1.165) is 31.8 Å². The number of likely N-dealkylation sites (tertiary alicyclic amines) is 1. The molecular weight excluding hydrogens is 300 g/mol. The van der Waals surface area contributed by atoms with Crippen LogP contribution in [-0.2, 0) is 16.0 Å². The maximum atomic E-state index is 11.3. The minimum atomic E-state index is -0.101. The van der Waals surface area contributed by atoms with Gasteiger partial charge in [-0.1, -0.05) is 43.7 Å². The molecule has 1 aromatic carbocycles. The van der Waals surface area contributed by atoms with Crippen molar-refractivity contribution >= 4 is 5.91 Å². The van der Waals surface area contributed by atoms with E-state index in [1.807, 2.05) is 0 Å². The zero-order valence-corrected chi connectivity index (χ0v) is 14.8. The normalized spacial score (nSPS) is 22.3. The molecule has 0 aromatic heterocycles. The van der Waals surface area contributed by atoms with E-state index in [2.05, 4.69) is 47.5 Å². The lowest BCUT2D eigenvalue weighted by Gasteiger charge is -2.44. The van der Waals surface area contributed by atoms with Crippen molar-refractivity contribution in [3.8, 4) is 0 Å². The van der Waals surface area contributed by atoms with E-state index in [-0.39, 0.29) is 18.1 Å². The summed E-state index contributed by atoms with van der Waals surface area (Å²) in [5.41, 5.74) is 1.34. The number of hydrogen-bond donors (Lipinski definition) is 1. The lowest BCUT2D eigenvalue weighted by atomic mass is 9.88. The Labute approximate surface area is 145 Å². The SMILES string of the molecule is CCC(CCc1ccccc1)CN1CCC2(CC1)CNC(=O)CO2. The number of benzene rings is 1. The molecule has 1 aromatic rings. The first-order chi connectivity index (χ1) is 11.7. The van der Waals surface area contributed by atoms with E-state index in [4.69, 9.17) is 4.74 Å². The van der Waals surface area contributed by atoms with Crippen LogP contribution in [0.15, 0.2) is 30.3 Å². The Morgan fingerprint density at radius 3 is 2.62 bits per heavy atom. The van der Waals surface area contributed by atoms with Gasteiger partial charge >= 0.3 is 0 Å². The number of amides is 1. The van der Waals surface area contributed by atoms with Crippen molar-refractivity contribution < 1.29 is 9.53 Å². The van der Waals surface area contributed by atoms with Crippen LogP contribution in [0.5, 0.6) is 0 Å². The topological polar surface area (TPSA) is 41.6 Å². The van der Waals surface area contributed by atoms with Gasteiger partial charge in [-0.25, -0.2) is 0 Å². The maximum absolute atomic E-state index is 11.3. The molecule has 2 heterocycles. The number of aryl methyl sites for hydroxylation is 1. The fourth-order valence-electron chi connectivity index (χ4n) is 3.85. The highest BCUT2D eigenvalue weighted by Gasteiger charge is 2.39. The van der Waals surface area contributed by atoms with Crippen molar-refractivity contribution in [1.82, 2.24) is 10.2 Å². The Bertz CT molecular complexity index is 512. The van der Waals surface area contributed by atoms with Gasteiger partial charge in [0.15, 0.2) is 0 Å². The number of morpholine rings is 1. The molecule has 1 spiro atoms. The van der Waals surface area contributed by atoms with Crippen molar-refractivity contribution in [3.05, 3.63) is 35.9 Å². The summed E-state index contributed by atoms with van der Waals surface area (Å²) in [6.07, 6.45) is 5.73. The van der Waals surface area contributed by atoms with E-state index < -0.39 is 0 Å². The first-order valence-electron chi connectivity index (χ1n) is 9.36. The lowest BCUT2D eigenvalue weighted by molar-refractivity contribution is -0.150. The molecule has 2 fully saturated rings. The first kappa shape index (κ1) is 17.4. The third kappa shape index (κ3) is 4.58. The Kier molecular flexibility index (Phi) is 5.90. The van der Waals surface area contributed by atoms with E-state index in [1.165, 1.54) is 31.4 Å². The standard InChI is InChI=1S/C20H30N2O2/c1-2-17(8-9-18-6-4-3-5-7-18)14-22-12-10-20(11-13-22)16-21-19(23)15-24-20/h3-7,17H,2,8-16H2,1H3,(H,21,23). The molecule has 0 saturated carbocycles. The summed E-state index contributed by atoms with van der Waals surface area (Å²) in [5.74, 6) is 0.779. The quantitative estimate of drug-likeness (QED) is 0.872. The molecule has 0 aliphatic carbocycles. The summed E-state index contributed by atoms with van der Waals surface area (Å²) in [4.78, 5) is 13.9. The van der Waals surface area contributed by atoms with Crippen LogP contribution >= 0.6 is 0 Å². The Morgan fingerprint density at radius 2 is 2.00 bits per heavy atom. The Morgan fingerprint density at radius 1 is 1.25 bits per heavy atom. The van der Waals surface area contributed by atoms with Crippen molar-refractivity contribution in [1.29, 1.82) is 0 Å². The van der Waals surface area contributed by atoms with Crippen LogP contribution in [0.2, 0.25) is 0 Å². The van der Waals surface area contributed by atoms with Crippen LogP contribution in [0.4, 0.5) is 0 Å². The van der Waals surface area contributed by atoms with E-state index in [1.54, 1.807) is 0 Å². The summed E-state index contributed by atoms with van der Waals surface area (Å²) in [5, 5.41) is 2.97. The van der Waals surface area contributed by atoms with Gasteiger partial charge in [0.2, 0.25) is 5.91 Å². The lowest BCUT2D eigenvalue weighted by Crippen LogP contribution is -2.57. The highest BCUT2D eigenvalue weighted by atomic mass is 16.5. The predicted octanol–water partition coefficient (Wildman–Crippen LogP) is 2.63. The van der Waals surface area contributed by atoms with Crippen molar-refractivity contribution in [3.63, 3.8) is 0 Å². The number of hydrogen-bond acceptors (Lipinski definition) is 3. The second-order valence-electron chi connectivity index (χ2n) is 7.35. The molecule has 2 aliphatic heterocycles.